The number of H-pyrrole nitrogens is 1. The summed E-state index contributed by atoms with van der Waals surface area (Å²) >= 11 is 0. The minimum absolute atomic E-state index is 0.0502. The van der Waals surface area contributed by atoms with Gasteiger partial charge in [0.25, 0.3) is 13.9 Å². The largest absolute Gasteiger partial charge is 0.407 e. The van der Waals surface area contributed by atoms with Crippen LogP contribution in [0.1, 0.15) is 38.8 Å². The zero-order valence-electron chi connectivity index (χ0n) is 20.2. The van der Waals surface area contributed by atoms with Gasteiger partial charge in [0.1, 0.15) is 0 Å². The van der Waals surface area contributed by atoms with Crippen molar-refractivity contribution in [3.05, 3.63) is 105 Å². The van der Waals surface area contributed by atoms with Crippen LogP contribution in [0.2, 0.25) is 5.04 Å². The standard InChI is InChI=1S/C28H32N2O3Si/c1-20-18-30(26(32)29-25(20)31)24-15-16-28(17-23(24)28)19-33-34(27(2,3)4,21-11-7-5-8-12-21)22-13-9-6-10-14-22/h5-16,18,23-24H,17,19H2,1-4H3,(H,29,31,32)/t23-,24+,28-/m1/s1. The van der Waals surface area contributed by atoms with E-state index in [2.05, 4.69) is 98.6 Å². The molecular formula is C28H32N2O3Si. The Bertz CT molecular complexity index is 1300. The van der Waals surface area contributed by atoms with Crippen LogP contribution >= 0.6 is 0 Å². The number of fused-ring (bicyclic) bond motifs is 1. The second-order valence-corrected chi connectivity index (χ2v) is 15.1. The third-order valence-corrected chi connectivity index (χ3v) is 12.6. The molecule has 0 spiro atoms. The monoisotopic (exact) mass is 472 g/mol. The summed E-state index contributed by atoms with van der Waals surface area (Å²) in [4.78, 5) is 26.8. The minimum Gasteiger partial charge on any atom is -0.407 e. The first-order valence-corrected chi connectivity index (χ1v) is 13.9. The molecular weight excluding hydrogens is 440 g/mol. The molecule has 1 fully saturated rings. The van der Waals surface area contributed by atoms with E-state index in [-0.39, 0.29) is 27.7 Å². The predicted octanol–water partition coefficient (Wildman–Crippen LogP) is 3.54. The van der Waals surface area contributed by atoms with Gasteiger partial charge in [0, 0.05) is 23.8 Å². The van der Waals surface area contributed by atoms with Crippen molar-refractivity contribution >= 4 is 18.7 Å². The Morgan fingerprint density at radius 1 is 1.03 bits per heavy atom. The second-order valence-electron chi connectivity index (χ2n) is 10.8. The molecule has 5 rings (SSSR count). The Morgan fingerprint density at radius 3 is 2.15 bits per heavy atom. The van der Waals surface area contributed by atoms with Crippen molar-refractivity contribution < 1.29 is 4.43 Å². The maximum absolute atomic E-state index is 12.5. The number of rotatable bonds is 6. The van der Waals surface area contributed by atoms with E-state index in [1.54, 1.807) is 17.7 Å². The number of hydrogen-bond acceptors (Lipinski definition) is 3. The van der Waals surface area contributed by atoms with Gasteiger partial charge in [-0.3, -0.25) is 14.3 Å². The summed E-state index contributed by atoms with van der Waals surface area (Å²) in [7, 11) is -2.62. The van der Waals surface area contributed by atoms with Gasteiger partial charge >= 0.3 is 5.69 Å². The van der Waals surface area contributed by atoms with Crippen molar-refractivity contribution in [2.24, 2.45) is 11.3 Å². The van der Waals surface area contributed by atoms with E-state index in [4.69, 9.17) is 4.43 Å². The zero-order chi connectivity index (χ0) is 24.1. The Hall–Kier alpha value is -2.96. The van der Waals surface area contributed by atoms with E-state index in [9.17, 15) is 9.59 Å². The summed E-state index contributed by atoms with van der Waals surface area (Å²) in [5.41, 5.74) is -0.183. The first-order valence-electron chi connectivity index (χ1n) is 11.9. The molecule has 34 heavy (non-hydrogen) atoms. The first kappa shape index (κ1) is 22.8. The van der Waals surface area contributed by atoms with Crippen LogP contribution in [0.15, 0.2) is 88.6 Å². The molecule has 176 valence electrons. The van der Waals surface area contributed by atoms with Gasteiger partial charge in [0.2, 0.25) is 0 Å². The average Bonchev–Trinajstić information content (AvgIpc) is 3.42. The SMILES string of the molecule is Cc1cn([C@H]2C=C[C@]3(CO[Si](c4ccccc4)(c4ccccc4)C(C)(C)C)C[C@H]23)c(=O)[nH]c1=O. The van der Waals surface area contributed by atoms with E-state index in [1.165, 1.54) is 10.4 Å². The molecule has 1 heterocycles. The van der Waals surface area contributed by atoms with Crippen molar-refractivity contribution in [3.8, 4) is 0 Å². The normalized spacial score (nSPS) is 23.6. The van der Waals surface area contributed by atoms with Gasteiger partial charge in [-0.15, -0.1) is 0 Å². The number of nitrogens with one attached hydrogen (secondary N) is 1. The van der Waals surface area contributed by atoms with Crippen LogP contribution in [-0.2, 0) is 4.43 Å². The summed E-state index contributed by atoms with van der Waals surface area (Å²) in [6.07, 6.45) is 7.03. The van der Waals surface area contributed by atoms with Crippen LogP contribution < -0.4 is 21.6 Å². The molecule has 1 saturated carbocycles. The summed E-state index contributed by atoms with van der Waals surface area (Å²) in [5, 5.41) is 2.47. The molecule has 0 radical (unpaired) electrons. The fourth-order valence-corrected chi connectivity index (χ4v) is 10.4. The number of hydrogen-bond donors (Lipinski definition) is 1. The molecule has 5 nitrogen and oxygen atoms in total. The molecule has 0 bridgehead atoms. The van der Waals surface area contributed by atoms with Gasteiger partial charge in [-0.05, 0) is 34.7 Å². The van der Waals surface area contributed by atoms with Crippen LogP contribution in [-0.4, -0.2) is 24.5 Å². The lowest BCUT2D eigenvalue weighted by Gasteiger charge is -2.43. The smallest absolute Gasteiger partial charge is 0.328 e. The highest BCUT2D eigenvalue weighted by molar-refractivity contribution is 6.99. The van der Waals surface area contributed by atoms with Gasteiger partial charge in [-0.2, -0.15) is 0 Å². The van der Waals surface area contributed by atoms with Crippen molar-refractivity contribution in [2.75, 3.05) is 6.61 Å². The number of aryl methyl sites for hydroxylation is 1. The molecule has 3 aromatic rings. The lowest BCUT2D eigenvalue weighted by Crippen LogP contribution is -2.67. The Morgan fingerprint density at radius 2 is 1.62 bits per heavy atom. The van der Waals surface area contributed by atoms with Gasteiger partial charge in [-0.25, -0.2) is 4.79 Å². The Labute approximate surface area is 201 Å². The Balaban J connectivity index is 1.48. The third-order valence-electron chi connectivity index (χ3n) is 7.66. The second kappa shape index (κ2) is 8.07. The number of benzene rings is 2. The minimum atomic E-state index is -2.62. The van der Waals surface area contributed by atoms with Crippen LogP contribution in [0.5, 0.6) is 0 Å². The fourth-order valence-electron chi connectivity index (χ4n) is 5.74. The topological polar surface area (TPSA) is 64.1 Å². The number of nitrogens with zero attached hydrogens (tertiary/aromatic N) is 1. The van der Waals surface area contributed by atoms with Crippen LogP contribution in [0.4, 0.5) is 0 Å². The fraction of sp³-hybridized carbons (Fsp3) is 0.357. The maximum atomic E-state index is 12.5. The van der Waals surface area contributed by atoms with Gasteiger partial charge in [-0.1, -0.05) is 93.6 Å². The first-order chi connectivity index (χ1) is 16.2. The van der Waals surface area contributed by atoms with Crippen molar-refractivity contribution in [1.82, 2.24) is 9.55 Å². The number of allylic oxidation sites excluding steroid dienone is 1. The molecule has 1 N–H and O–H groups in total. The van der Waals surface area contributed by atoms with E-state index < -0.39 is 8.32 Å². The molecule has 2 aromatic carbocycles. The van der Waals surface area contributed by atoms with Crippen molar-refractivity contribution in [2.45, 2.75) is 45.2 Å². The summed E-state index contributed by atoms with van der Waals surface area (Å²) in [5.74, 6) is 0.300. The molecule has 3 atom stereocenters. The van der Waals surface area contributed by atoms with Crippen molar-refractivity contribution in [1.29, 1.82) is 0 Å². The average molecular weight is 473 g/mol. The van der Waals surface area contributed by atoms with E-state index in [0.717, 1.165) is 6.42 Å². The predicted molar refractivity (Wildman–Crippen MR) is 138 cm³/mol. The lowest BCUT2D eigenvalue weighted by atomic mass is 10.1. The number of aromatic nitrogens is 2. The Kier molecular flexibility index (Phi) is 5.41. The summed E-state index contributed by atoms with van der Waals surface area (Å²) < 4.78 is 8.87. The zero-order valence-corrected chi connectivity index (χ0v) is 21.2. The molecule has 0 aliphatic heterocycles. The quantitative estimate of drug-likeness (QED) is 0.441. The highest BCUT2D eigenvalue weighted by Gasteiger charge is 2.61. The molecule has 2 aliphatic carbocycles. The molecule has 6 heteroatoms. The van der Waals surface area contributed by atoms with Crippen LogP contribution in [0.25, 0.3) is 0 Å². The molecule has 0 amide bonds. The molecule has 0 saturated heterocycles. The van der Waals surface area contributed by atoms with Crippen LogP contribution in [0, 0.1) is 18.3 Å². The summed E-state index contributed by atoms with van der Waals surface area (Å²) in [6, 6.07) is 21.3. The lowest BCUT2D eigenvalue weighted by molar-refractivity contribution is 0.237. The van der Waals surface area contributed by atoms with Crippen molar-refractivity contribution in [3.63, 3.8) is 0 Å². The molecule has 2 aliphatic rings. The van der Waals surface area contributed by atoms with E-state index in [0.29, 0.717) is 18.1 Å². The molecule has 1 aromatic heterocycles. The third kappa shape index (κ3) is 3.56. The highest BCUT2D eigenvalue weighted by atomic mass is 28.4. The molecule has 0 unspecified atom stereocenters. The van der Waals surface area contributed by atoms with E-state index >= 15 is 0 Å². The van der Waals surface area contributed by atoms with E-state index in [1.807, 2.05) is 0 Å². The summed E-state index contributed by atoms with van der Waals surface area (Å²) in [6.45, 7) is 9.22. The van der Waals surface area contributed by atoms with Gasteiger partial charge < -0.3 is 4.43 Å². The highest BCUT2D eigenvalue weighted by Crippen LogP contribution is 2.64. The van der Waals surface area contributed by atoms with Crippen LogP contribution in [0.3, 0.4) is 0 Å². The van der Waals surface area contributed by atoms with Gasteiger partial charge in [0.05, 0.1) is 6.04 Å². The maximum Gasteiger partial charge on any atom is 0.328 e. The van der Waals surface area contributed by atoms with Gasteiger partial charge in [0.15, 0.2) is 0 Å². The number of aromatic amines is 1.